The number of carbonyl (C=O) groups is 2. The average molecular weight is 584 g/mol. The van der Waals surface area contributed by atoms with Gasteiger partial charge in [-0.05, 0) is 56.3 Å². The Bertz CT molecular complexity index is 1630. The quantitative estimate of drug-likeness (QED) is 0.243. The van der Waals surface area contributed by atoms with Crippen LogP contribution < -0.4 is 19.5 Å². The number of nitrogens with zero attached hydrogens (tertiary/aromatic N) is 2. The van der Waals surface area contributed by atoms with Crippen LogP contribution in [0.4, 0.5) is 5.13 Å². The van der Waals surface area contributed by atoms with E-state index in [0.717, 1.165) is 17.6 Å². The average Bonchev–Trinajstić information content (AvgIpc) is 3.34. The van der Waals surface area contributed by atoms with Crippen LogP contribution in [0.25, 0.3) is 0 Å². The molecule has 208 valence electrons. The predicted molar refractivity (Wildman–Crippen MR) is 148 cm³/mol. The summed E-state index contributed by atoms with van der Waals surface area (Å²) >= 11 is 1.09. The van der Waals surface area contributed by atoms with Gasteiger partial charge in [-0.15, -0.1) is 0 Å². The Balaban J connectivity index is 1.50. The topological polar surface area (TPSA) is 143 Å². The van der Waals surface area contributed by atoms with Gasteiger partial charge in [0, 0.05) is 17.9 Å². The third-order valence-electron chi connectivity index (χ3n) is 5.02. The highest BCUT2D eigenvalue weighted by atomic mass is 32.2. The number of rotatable bonds is 10. The molecule has 4 aromatic rings. The normalized spacial score (nSPS) is 11.1. The molecule has 1 N–H and O–H groups in total. The summed E-state index contributed by atoms with van der Waals surface area (Å²) in [5.41, 5.74) is 0.569. The lowest BCUT2D eigenvalue weighted by Crippen LogP contribution is -2.13. The summed E-state index contributed by atoms with van der Waals surface area (Å²) in [6.45, 7) is 3.69. The second-order valence-electron chi connectivity index (χ2n) is 8.63. The summed E-state index contributed by atoms with van der Waals surface area (Å²) in [7, 11) is -2.16. The fourth-order valence-corrected chi connectivity index (χ4v) is 4.58. The summed E-state index contributed by atoms with van der Waals surface area (Å²) < 4.78 is 45.4. The first-order valence-corrected chi connectivity index (χ1v) is 14.5. The molecule has 40 heavy (non-hydrogen) atoms. The largest absolute Gasteiger partial charge is 0.491 e. The zero-order valence-electron chi connectivity index (χ0n) is 21.9. The molecule has 13 heteroatoms. The minimum atomic E-state index is -3.46. The van der Waals surface area contributed by atoms with E-state index in [9.17, 15) is 18.0 Å². The lowest BCUT2D eigenvalue weighted by atomic mass is 10.2. The van der Waals surface area contributed by atoms with Gasteiger partial charge in [-0.1, -0.05) is 17.4 Å². The number of pyridine rings is 1. The summed E-state index contributed by atoms with van der Waals surface area (Å²) in [6.07, 6.45) is 3.63. The Morgan fingerprint density at radius 3 is 2.30 bits per heavy atom. The number of aromatic nitrogens is 2. The van der Waals surface area contributed by atoms with Gasteiger partial charge in [0.25, 0.3) is 5.91 Å². The zero-order chi connectivity index (χ0) is 28.9. The number of carbonyl (C=O) groups excluding carboxylic acids is 2. The number of nitrogens with one attached hydrogen (secondary N) is 1. The summed E-state index contributed by atoms with van der Waals surface area (Å²) in [4.78, 5) is 33.0. The fraction of sp³-hybridized carbons (Fsp3) is 0.185. The molecule has 0 fully saturated rings. The Hall–Kier alpha value is -4.49. The van der Waals surface area contributed by atoms with Gasteiger partial charge < -0.3 is 18.9 Å². The Labute approximate surface area is 234 Å². The van der Waals surface area contributed by atoms with Gasteiger partial charge in [0.1, 0.15) is 23.0 Å². The van der Waals surface area contributed by atoms with E-state index in [1.54, 1.807) is 30.3 Å². The van der Waals surface area contributed by atoms with E-state index in [1.165, 1.54) is 43.8 Å². The van der Waals surface area contributed by atoms with E-state index >= 15 is 0 Å². The second kappa shape index (κ2) is 12.1. The minimum absolute atomic E-state index is 0.0835. The van der Waals surface area contributed by atoms with Crippen molar-refractivity contribution in [2.75, 3.05) is 18.7 Å². The van der Waals surface area contributed by atoms with E-state index in [0.29, 0.717) is 22.1 Å². The highest BCUT2D eigenvalue weighted by Crippen LogP contribution is 2.32. The van der Waals surface area contributed by atoms with Crippen molar-refractivity contribution >= 4 is 38.2 Å². The summed E-state index contributed by atoms with van der Waals surface area (Å²) in [5.74, 6) is 0.398. The van der Waals surface area contributed by atoms with Crippen LogP contribution in [0.5, 0.6) is 28.1 Å². The number of benzene rings is 2. The van der Waals surface area contributed by atoms with Gasteiger partial charge >= 0.3 is 5.97 Å². The molecule has 0 atom stereocenters. The maximum Gasteiger partial charge on any atom is 0.337 e. The highest BCUT2D eigenvalue weighted by molar-refractivity contribution is 7.90. The molecule has 4 rings (SSSR count). The van der Waals surface area contributed by atoms with Crippen molar-refractivity contribution in [1.29, 1.82) is 0 Å². The number of sulfone groups is 1. The first kappa shape index (κ1) is 28.5. The van der Waals surface area contributed by atoms with Gasteiger partial charge in [0.05, 0.1) is 31.2 Å². The predicted octanol–water partition coefficient (Wildman–Crippen LogP) is 5.35. The van der Waals surface area contributed by atoms with E-state index < -0.39 is 21.7 Å². The number of hydrogen-bond acceptors (Lipinski definition) is 11. The molecule has 0 unspecified atom stereocenters. The van der Waals surface area contributed by atoms with Crippen molar-refractivity contribution < 1.29 is 37.0 Å². The standard InChI is InChI=1S/C27H25N3O8S2/c1-16(2)36-21-11-18(12-22(13-21)37-20-8-9-23(28-14-20)40(4,33)34)25(31)30-27-29-15-24(39-27)38-19-7-5-6-17(10-19)26(32)35-3/h5-16H,1-4H3,(H,29,30,31). The molecule has 1 amide bonds. The molecule has 0 aliphatic carbocycles. The first-order valence-electron chi connectivity index (χ1n) is 11.8. The molecular weight excluding hydrogens is 558 g/mol. The van der Waals surface area contributed by atoms with Crippen LogP contribution in [0.1, 0.15) is 34.6 Å². The number of anilines is 1. The van der Waals surface area contributed by atoms with Gasteiger partial charge in [-0.2, -0.15) is 0 Å². The van der Waals surface area contributed by atoms with Crippen LogP contribution in [-0.2, 0) is 14.6 Å². The number of methoxy groups -OCH3 is 1. The molecule has 0 saturated heterocycles. The molecule has 2 aromatic carbocycles. The third kappa shape index (κ3) is 7.55. The van der Waals surface area contributed by atoms with Gasteiger partial charge in [0.15, 0.2) is 20.0 Å². The lowest BCUT2D eigenvalue weighted by Gasteiger charge is -2.14. The number of thiazole rings is 1. The van der Waals surface area contributed by atoms with Gasteiger partial charge in [0.2, 0.25) is 5.06 Å². The number of ether oxygens (including phenoxy) is 4. The van der Waals surface area contributed by atoms with Gasteiger partial charge in [-0.25, -0.2) is 23.2 Å². The molecule has 2 aromatic heterocycles. The lowest BCUT2D eigenvalue weighted by molar-refractivity contribution is 0.0600. The van der Waals surface area contributed by atoms with Crippen LogP contribution in [-0.4, -0.2) is 49.7 Å². The second-order valence-corrected chi connectivity index (χ2v) is 11.6. The molecule has 0 aliphatic rings. The highest BCUT2D eigenvalue weighted by Gasteiger charge is 2.16. The molecule has 2 heterocycles. The Morgan fingerprint density at radius 2 is 1.62 bits per heavy atom. The van der Waals surface area contributed by atoms with Crippen molar-refractivity contribution in [3.63, 3.8) is 0 Å². The zero-order valence-corrected chi connectivity index (χ0v) is 23.5. The number of amides is 1. The maximum atomic E-state index is 13.1. The van der Waals surface area contributed by atoms with Crippen LogP contribution in [0.15, 0.2) is 72.0 Å². The van der Waals surface area contributed by atoms with Crippen molar-refractivity contribution in [1.82, 2.24) is 9.97 Å². The summed E-state index contributed by atoms with van der Waals surface area (Å²) in [5, 5.41) is 3.31. The minimum Gasteiger partial charge on any atom is -0.491 e. The van der Waals surface area contributed by atoms with Crippen LogP contribution in [0.2, 0.25) is 0 Å². The van der Waals surface area contributed by atoms with Crippen LogP contribution in [0, 0.1) is 0 Å². The SMILES string of the molecule is COC(=O)c1cccc(Oc2cnc(NC(=O)c3cc(Oc4ccc(S(C)(=O)=O)nc4)cc(OC(C)C)c3)s2)c1. The Morgan fingerprint density at radius 1 is 0.875 bits per heavy atom. The summed E-state index contributed by atoms with van der Waals surface area (Å²) in [6, 6.07) is 14.0. The molecule has 0 aliphatic heterocycles. The van der Waals surface area contributed by atoms with Crippen LogP contribution >= 0.6 is 11.3 Å². The first-order chi connectivity index (χ1) is 19.0. The smallest absolute Gasteiger partial charge is 0.337 e. The molecule has 0 saturated carbocycles. The number of hydrogen-bond donors (Lipinski definition) is 1. The fourth-order valence-electron chi connectivity index (χ4n) is 3.34. The van der Waals surface area contributed by atoms with Crippen molar-refractivity contribution in [2.45, 2.75) is 25.0 Å². The van der Waals surface area contributed by atoms with Crippen molar-refractivity contribution in [3.8, 4) is 28.1 Å². The molecule has 0 bridgehead atoms. The molecular formula is C27H25N3O8S2. The van der Waals surface area contributed by atoms with Gasteiger partial charge in [-0.3, -0.25) is 10.1 Å². The van der Waals surface area contributed by atoms with E-state index in [4.69, 9.17) is 18.9 Å². The van der Waals surface area contributed by atoms with E-state index in [1.807, 2.05) is 13.8 Å². The monoisotopic (exact) mass is 583 g/mol. The van der Waals surface area contributed by atoms with E-state index in [-0.39, 0.29) is 33.3 Å². The van der Waals surface area contributed by atoms with Crippen molar-refractivity contribution in [3.05, 3.63) is 78.1 Å². The van der Waals surface area contributed by atoms with Crippen LogP contribution in [0.3, 0.4) is 0 Å². The number of esters is 1. The molecule has 0 radical (unpaired) electrons. The third-order valence-corrected chi connectivity index (χ3v) is 6.81. The molecule has 0 spiro atoms. The maximum absolute atomic E-state index is 13.1. The Kier molecular flexibility index (Phi) is 8.65. The van der Waals surface area contributed by atoms with E-state index in [2.05, 4.69) is 15.3 Å². The van der Waals surface area contributed by atoms with Crippen molar-refractivity contribution in [2.24, 2.45) is 0 Å². The molecule has 11 nitrogen and oxygen atoms in total.